The van der Waals surface area contributed by atoms with Gasteiger partial charge < -0.3 is 4.74 Å². The Morgan fingerprint density at radius 1 is 1.25 bits per heavy atom. The van der Waals surface area contributed by atoms with E-state index < -0.39 is 0 Å². The Hall–Kier alpha value is -0.690. The monoisotopic (exact) mass is 240 g/mol. The Kier molecular flexibility index (Phi) is 5.68. The van der Waals surface area contributed by atoms with Crippen molar-refractivity contribution in [3.8, 4) is 5.75 Å². The molecule has 0 aromatic heterocycles. The molecule has 1 nitrogen and oxygen atoms in total. The second-order valence-electron chi connectivity index (χ2n) is 4.50. The highest BCUT2D eigenvalue weighted by molar-refractivity contribution is 6.21. The maximum atomic E-state index is 6.35. The Bertz CT molecular complexity index is 309. The molecule has 90 valence electrons. The van der Waals surface area contributed by atoms with E-state index in [1.807, 2.05) is 18.2 Å². The average molecular weight is 241 g/mol. The topological polar surface area (TPSA) is 9.23 Å². The van der Waals surface area contributed by atoms with Crippen LogP contribution in [0.25, 0.3) is 0 Å². The van der Waals surface area contributed by atoms with Crippen LogP contribution in [0.3, 0.4) is 0 Å². The Labute approximate surface area is 104 Å². The predicted molar refractivity (Wildman–Crippen MR) is 70.3 cm³/mol. The van der Waals surface area contributed by atoms with Crippen molar-refractivity contribution in [2.45, 2.75) is 39.0 Å². The van der Waals surface area contributed by atoms with E-state index in [0.717, 1.165) is 30.8 Å². The molecule has 1 rings (SSSR count). The molecule has 1 aromatic carbocycles. The van der Waals surface area contributed by atoms with Gasteiger partial charge in [0.15, 0.2) is 0 Å². The van der Waals surface area contributed by atoms with Crippen molar-refractivity contribution in [1.29, 1.82) is 0 Å². The van der Waals surface area contributed by atoms with Gasteiger partial charge in [0.1, 0.15) is 5.75 Å². The van der Waals surface area contributed by atoms with Crippen molar-refractivity contribution in [3.05, 3.63) is 29.8 Å². The van der Waals surface area contributed by atoms with E-state index in [9.17, 15) is 0 Å². The van der Waals surface area contributed by atoms with Crippen molar-refractivity contribution in [1.82, 2.24) is 0 Å². The molecule has 0 bridgehead atoms. The van der Waals surface area contributed by atoms with Gasteiger partial charge in [-0.15, -0.1) is 11.6 Å². The number of alkyl halides is 1. The smallest absolute Gasteiger partial charge is 0.123 e. The zero-order valence-corrected chi connectivity index (χ0v) is 11.1. The van der Waals surface area contributed by atoms with Gasteiger partial charge in [-0.25, -0.2) is 0 Å². The number of hydrogen-bond acceptors (Lipinski definition) is 1. The first kappa shape index (κ1) is 13.4. The van der Waals surface area contributed by atoms with Crippen molar-refractivity contribution < 1.29 is 4.74 Å². The van der Waals surface area contributed by atoms with Gasteiger partial charge in [-0.05, 0) is 18.4 Å². The van der Waals surface area contributed by atoms with E-state index in [4.69, 9.17) is 16.3 Å². The van der Waals surface area contributed by atoms with Crippen LogP contribution in [0.5, 0.6) is 5.75 Å². The molecule has 0 amide bonds. The Morgan fingerprint density at radius 3 is 2.56 bits per heavy atom. The lowest BCUT2D eigenvalue weighted by Gasteiger charge is -2.16. The molecular weight excluding hydrogens is 220 g/mol. The Balaban J connectivity index is 2.74. The van der Waals surface area contributed by atoms with Gasteiger partial charge in [0.2, 0.25) is 0 Å². The van der Waals surface area contributed by atoms with Gasteiger partial charge in [-0.2, -0.15) is 0 Å². The van der Waals surface area contributed by atoms with Gasteiger partial charge in [-0.1, -0.05) is 45.4 Å². The van der Waals surface area contributed by atoms with E-state index in [1.165, 1.54) is 0 Å². The van der Waals surface area contributed by atoms with E-state index >= 15 is 0 Å². The fraction of sp³-hybridized carbons (Fsp3) is 0.571. The van der Waals surface area contributed by atoms with Crippen LogP contribution in [0.15, 0.2) is 24.3 Å². The molecule has 1 aromatic rings. The minimum Gasteiger partial charge on any atom is -0.493 e. The zero-order chi connectivity index (χ0) is 12.0. The van der Waals surface area contributed by atoms with Crippen LogP contribution in [0, 0.1) is 5.92 Å². The lowest BCUT2D eigenvalue weighted by molar-refractivity contribution is 0.268. The summed E-state index contributed by atoms with van der Waals surface area (Å²) in [5.74, 6) is 1.47. The minimum absolute atomic E-state index is 0.0633. The third-order valence-corrected chi connectivity index (χ3v) is 2.82. The molecular formula is C14H21ClO. The number of benzene rings is 1. The van der Waals surface area contributed by atoms with Crippen molar-refractivity contribution in [2.24, 2.45) is 5.92 Å². The highest BCUT2D eigenvalue weighted by atomic mass is 35.5. The molecule has 0 heterocycles. The molecule has 0 spiro atoms. The highest BCUT2D eigenvalue weighted by Crippen LogP contribution is 2.32. The van der Waals surface area contributed by atoms with Crippen LogP contribution in [0.2, 0.25) is 0 Å². The molecule has 1 unspecified atom stereocenters. The molecule has 0 radical (unpaired) electrons. The highest BCUT2D eigenvalue weighted by Gasteiger charge is 2.12. The van der Waals surface area contributed by atoms with Crippen LogP contribution in [0.4, 0.5) is 0 Å². The maximum absolute atomic E-state index is 6.35. The van der Waals surface area contributed by atoms with Crippen molar-refractivity contribution in [2.75, 3.05) is 6.61 Å². The van der Waals surface area contributed by atoms with E-state index in [2.05, 4.69) is 26.8 Å². The molecule has 0 fully saturated rings. The summed E-state index contributed by atoms with van der Waals surface area (Å²) in [7, 11) is 0. The molecule has 2 heteroatoms. The number of para-hydroxylation sites is 1. The van der Waals surface area contributed by atoms with Gasteiger partial charge in [0.05, 0.1) is 12.0 Å². The van der Waals surface area contributed by atoms with Gasteiger partial charge >= 0.3 is 0 Å². The summed E-state index contributed by atoms with van der Waals surface area (Å²) in [5, 5.41) is 0.0633. The van der Waals surface area contributed by atoms with Crippen molar-refractivity contribution >= 4 is 11.6 Å². The average Bonchev–Trinajstić information content (AvgIpc) is 2.27. The second-order valence-corrected chi connectivity index (χ2v) is 5.03. The lowest BCUT2D eigenvalue weighted by atomic mass is 10.1. The number of hydrogen-bond donors (Lipinski definition) is 0. The van der Waals surface area contributed by atoms with Crippen LogP contribution < -0.4 is 4.74 Å². The normalized spacial score (nSPS) is 12.8. The zero-order valence-electron chi connectivity index (χ0n) is 10.4. The summed E-state index contributed by atoms with van der Waals surface area (Å²) < 4.78 is 5.78. The lowest BCUT2D eigenvalue weighted by Crippen LogP contribution is -2.06. The van der Waals surface area contributed by atoms with Crippen LogP contribution in [0.1, 0.15) is 44.6 Å². The van der Waals surface area contributed by atoms with E-state index in [1.54, 1.807) is 0 Å². The summed E-state index contributed by atoms with van der Waals surface area (Å²) in [4.78, 5) is 0. The van der Waals surface area contributed by atoms with Crippen LogP contribution >= 0.6 is 11.6 Å². The molecule has 0 saturated carbocycles. The fourth-order valence-corrected chi connectivity index (χ4v) is 1.93. The molecule has 16 heavy (non-hydrogen) atoms. The van der Waals surface area contributed by atoms with Gasteiger partial charge in [0.25, 0.3) is 0 Å². The number of ether oxygens (including phenoxy) is 1. The maximum Gasteiger partial charge on any atom is 0.123 e. The largest absolute Gasteiger partial charge is 0.493 e. The number of rotatable bonds is 6. The van der Waals surface area contributed by atoms with E-state index in [0.29, 0.717) is 5.92 Å². The molecule has 0 aliphatic carbocycles. The van der Waals surface area contributed by atoms with Crippen LogP contribution in [-0.2, 0) is 0 Å². The molecule has 0 aliphatic heterocycles. The van der Waals surface area contributed by atoms with Crippen molar-refractivity contribution in [3.63, 3.8) is 0 Å². The first-order valence-electron chi connectivity index (χ1n) is 6.01. The third-order valence-electron chi connectivity index (χ3n) is 2.37. The summed E-state index contributed by atoms with van der Waals surface area (Å²) in [6, 6.07) is 8.07. The SMILES string of the molecule is CCCC(Cl)c1ccccc1OCC(C)C. The summed E-state index contributed by atoms with van der Waals surface area (Å²) in [6.07, 6.45) is 2.08. The molecule has 0 aliphatic rings. The minimum atomic E-state index is 0.0633. The third kappa shape index (κ3) is 4.05. The standard InChI is InChI=1S/C14H21ClO/c1-4-7-13(15)12-8-5-6-9-14(12)16-10-11(2)3/h5-6,8-9,11,13H,4,7,10H2,1-3H3. The quantitative estimate of drug-likeness (QED) is 0.649. The summed E-state index contributed by atoms with van der Waals surface area (Å²) >= 11 is 6.35. The first-order valence-corrected chi connectivity index (χ1v) is 6.44. The molecule has 0 N–H and O–H groups in total. The summed E-state index contributed by atoms with van der Waals surface area (Å²) in [6.45, 7) is 7.18. The molecule has 1 atom stereocenters. The van der Waals surface area contributed by atoms with E-state index in [-0.39, 0.29) is 5.38 Å². The second kappa shape index (κ2) is 6.80. The Morgan fingerprint density at radius 2 is 1.94 bits per heavy atom. The number of halogens is 1. The van der Waals surface area contributed by atoms with Crippen LogP contribution in [-0.4, -0.2) is 6.61 Å². The fourth-order valence-electron chi connectivity index (χ4n) is 1.54. The predicted octanol–water partition coefficient (Wildman–Crippen LogP) is 4.80. The first-order chi connectivity index (χ1) is 7.65. The molecule has 0 saturated heterocycles. The van der Waals surface area contributed by atoms with Gasteiger partial charge in [0, 0.05) is 5.56 Å². The summed E-state index contributed by atoms with van der Waals surface area (Å²) in [5.41, 5.74) is 1.12. The van der Waals surface area contributed by atoms with Gasteiger partial charge in [-0.3, -0.25) is 0 Å².